The largest absolute Gasteiger partial charge is 0.361 e. The fourth-order valence-corrected chi connectivity index (χ4v) is 3.92. The van der Waals surface area contributed by atoms with Gasteiger partial charge in [0, 0.05) is 47.3 Å². The van der Waals surface area contributed by atoms with Crippen LogP contribution in [0.3, 0.4) is 0 Å². The van der Waals surface area contributed by atoms with Crippen molar-refractivity contribution in [3.8, 4) is 0 Å². The van der Waals surface area contributed by atoms with Crippen molar-refractivity contribution in [2.24, 2.45) is 5.92 Å². The van der Waals surface area contributed by atoms with Gasteiger partial charge in [-0.2, -0.15) is 0 Å². The van der Waals surface area contributed by atoms with Crippen molar-refractivity contribution < 1.29 is 9.59 Å². The molecule has 144 valence electrons. The van der Waals surface area contributed by atoms with E-state index in [2.05, 4.69) is 10.3 Å². The predicted molar refractivity (Wildman–Crippen MR) is 112 cm³/mol. The molecule has 4 rings (SSSR count). The van der Waals surface area contributed by atoms with E-state index in [-0.39, 0.29) is 24.2 Å². The number of rotatable bonds is 5. The van der Waals surface area contributed by atoms with Crippen LogP contribution in [0.5, 0.6) is 0 Å². The molecule has 1 atom stereocenters. The summed E-state index contributed by atoms with van der Waals surface area (Å²) in [6, 6.07) is 13.5. The molecule has 1 fully saturated rings. The minimum absolute atomic E-state index is 0.00276. The molecule has 0 saturated carbocycles. The van der Waals surface area contributed by atoms with Gasteiger partial charge in [0.05, 0.1) is 5.92 Å². The van der Waals surface area contributed by atoms with E-state index in [1.807, 2.05) is 55.6 Å². The molecule has 0 bridgehead atoms. The number of aromatic amines is 1. The van der Waals surface area contributed by atoms with E-state index in [0.717, 1.165) is 27.7 Å². The number of fused-ring (bicyclic) bond motifs is 1. The standard InChI is InChI=1S/C22H22ClN3O2/c1-14-3-2-4-18(9-14)26-13-16(10-21(26)27)22(28)24-8-7-15-12-25-20-6-5-17(23)11-19(15)20/h2-6,9,11-12,16,25H,7-8,10,13H2,1H3,(H,24,28). The first-order chi connectivity index (χ1) is 13.5. The maximum Gasteiger partial charge on any atom is 0.227 e. The van der Waals surface area contributed by atoms with Gasteiger partial charge in [0.1, 0.15) is 0 Å². The third kappa shape index (κ3) is 3.76. The molecule has 2 amide bonds. The highest BCUT2D eigenvalue weighted by Crippen LogP contribution is 2.26. The van der Waals surface area contributed by atoms with Gasteiger partial charge in [-0.3, -0.25) is 9.59 Å². The SMILES string of the molecule is Cc1cccc(N2CC(C(=O)NCCc3c[nH]c4ccc(Cl)cc34)CC2=O)c1. The lowest BCUT2D eigenvalue weighted by Crippen LogP contribution is -2.34. The van der Waals surface area contributed by atoms with Gasteiger partial charge in [0.15, 0.2) is 0 Å². The fourth-order valence-electron chi connectivity index (χ4n) is 3.75. The normalized spacial score (nSPS) is 16.7. The molecule has 28 heavy (non-hydrogen) atoms. The van der Waals surface area contributed by atoms with Crippen LogP contribution < -0.4 is 10.2 Å². The summed E-state index contributed by atoms with van der Waals surface area (Å²) >= 11 is 6.09. The number of amides is 2. The number of anilines is 1. The van der Waals surface area contributed by atoms with E-state index in [0.29, 0.717) is 24.5 Å². The number of nitrogens with zero attached hydrogens (tertiary/aromatic N) is 1. The van der Waals surface area contributed by atoms with E-state index in [4.69, 9.17) is 11.6 Å². The van der Waals surface area contributed by atoms with Crippen molar-refractivity contribution in [3.63, 3.8) is 0 Å². The van der Waals surface area contributed by atoms with E-state index in [1.165, 1.54) is 0 Å². The second kappa shape index (κ2) is 7.68. The van der Waals surface area contributed by atoms with Gasteiger partial charge in [-0.1, -0.05) is 23.7 Å². The second-order valence-electron chi connectivity index (χ2n) is 7.29. The number of H-pyrrole nitrogens is 1. The Kier molecular flexibility index (Phi) is 5.09. The molecule has 1 aromatic heterocycles. The van der Waals surface area contributed by atoms with Crippen molar-refractivity contribution in [3.05, 3.63) is 64.8 Å². The Bertz CT molecular complexity index is 1040. The van der Waals surface area contributed by atoms with Gasteiger partial charge in [-0.05, 0) is 54.8 Å². The number of aryl methyl sites for hydroxylation is 1. The van der Waals surface area contributed by atoms with E-state index in [1.54, 1.807) is 4.90 Å². The Morgan fingerprint density at radius 1 is 1.29 bits per heavy atom. The van der Waals surface area contributed by atoms with Crippen molar-refractivity contribution in [2.75, 3.05) is 18.0 Å². The maximum absolute atomic E-state index is 12.6. The number of carbonyl (C=O) groups excluding carboxylic acids is 2. The van der Waals surface area contributed by atoms with Crippen LogP contribution in [0, 0.1) is 12.8 Å². The minimum Gasteiger partial charge on any atom is -0.361 e. The van der Waals surface area contributed by atoms with Crippen LogP contribution in [0.4, 0.5) is 5.69 Å². The molecule has 5 nitrogen and oxygen atoms in total. The zero-order valence-corrected chi connectivity index (χ0v) is 16.4. The smallest absolute Gasteiger partial charge is 0.227 e. The Morgan fingerprint density at radius 2 is 2.14 bits per heavy atom. The Balaban J connectivity index is 1.35. The van der Waals surface area contributed by atoms with Crippen molar-refractivity contribution in [1.29, 1.82) is 0 Å². The molecule has 1 aliphatic heterocycles. The molecule has 1 saturated heterocycles. The molecule has 1 aliphatic rings. The van der Waals surface area contributed by atoms with Crippen molar-refractivity contribution >= 4 is 40.0 Å². The van der Waals surface area contributed by atoms with Crippen LogP contribution in [-0.2, 0) is 16.0 Å². The number of hydrogen-bond donors (Lipinski definition) is 2. The molecule has 1 unspecified atom stereocenters. The lowest BCUT2D eigenvalue weighted by atomic mass is 10.1. The lowest BCUT2D eigenvalue weighted by molar-refractivity contribution is -0.126. The summed E-state index contributed by atoms with van der Waals surface area (Å²) in [4.78, 5) is 29.9. The molecule has 2 aromatic carbocycles. The van der Waals surface area contributed by atoms with Gasteiger partial charge in [-0.15, -0.1) is 0 Å². The first-order valence-corrected chi connectivity index (χ1v) is 9.79. The Labute approximate surface area is 168 Å². The van der Waals surface area contributed by atoms with E-state index >= 15 is 0 Å². The van der Waals surface area contributed by atoms with E-state index < -0.39 is 0 Å². The van der Waals surface area contributed by atoms with Gasteiger partial charge < -0.3 is 15.2 Å². The summed E-state index contributed by atoms with van der Waals surface area (Å²) in [5, 5.41) is 4.75. The molecule has 0 spiro atoms. The van der Waals surface area contributed by atoms with Crippen molar-refractivity contribution in [1.82, 2.24) is 10.3 Å². The zero-order valence-electron chi connectivity index (χ0n) is 15.7. The number of benzene rings is 2. The molecular formula is C22H22ClN3O2. The molecule has 0 radical (unpaired) electrons. The van der Waals surface area contributed by atoms with E-state index in [9.17, 15) is 9.59 Å². The lowest BCUT2D eigenvalue weighted by Gasteiger charge is -2.17. The topological polar surface area (TPSA) is 65.2 Å². The third-order valence-electron chi connectivity index (χ3n) is 5.23. The summed E-state index contributed by atoms with van der Waals surface area (Å²) < 4.78 is 0. The summed E-state index contributed by atoms with van der Waals surface area (Å²) in [5.74, 6) is -0.385. The Morgan fingerprint density at radius 3 is 2.96 bits per heavy atom. The number of halogens is 1. The summed E-state index contributed by atoms with van der Waals surface area (Å²) in [5.41, 5.74) is 4.09. The zero-order chi connectivity index (χ0) is 19.7. The fraction of sp³-hybridized carbons (Fsp3) is 0.273. The molecule has 3 aromatic rings. The minimum atomic E-state index is -0.314. The Hall–Kier alpha value is -2.79. The monoisotopic (exact) mass is 395 g/mol. The molecule has 0 aliphatic carbocycles. The molecular weight excluding hydrogens is 374 g/mol. The highest BCUT2D eigenvalue weighted by Gasteiger charge is 2.34. The second-order valence-corrected chi connectivity index (χ2v) is 7.73. The summed E-state index contributed by atoms with van der Waals surface area (Å²) in [6.45, 7) is 2.94. The highest BCUT2D eigenvalue weighted by molar-refractivity contribution is 6.31. The van der Waals surface area contributed by atoms with Crippen LogP contribution in [0.2, 0.25) is 5.02 Å². The van der Waals surface area contributed by atoms with Crippen LogP contribution in [-0.4, -0.2) is 29.9 Å². The molecule has 2 heterocycles. The predicted octanol–water partition coefficient (Wildman–Crippen LogP) is 3.84. The average Bonchev–Trinajstić information content (AvgIpc) is 3.25. The average molecular weight is 396 g/mol. The third-order valence-corrected chi connectivity index (χ3v) is 5.47. The number of aromatic nitrogens is 1. The first-order valence-electron chi connectivity index (χ1n) is 9.41. The summed E-state index contributed by atoms with van der Waals surface area (Å²) in [6.07, 6.45) is 2.91. The van der Waals surface area contributed by atoms with Crippen molar-refractivity contribution in [2.45, 2.75) is 19.8 Å². The molecule has 2 N–H and O–H groups in total. The van der Waals surface area contributed by atoms with Crippen LogP contribution >= 0.6 is 11.6 Å². The number of hydrogen-bond acceptors (Lipinski definition) is 2. The van der Waals surface area contributed by atoms with Gasteiger partial charge in [0.2, 0.25) is 11.8 Å². The number of carbonyl (C=O) groups is 2. The van der Waals surface area contributed by atoms with Gasteiger partial charge in [0.25, 0.3) is 0 Å². The number of nitrogens with one attached hydrogen (secondary N) is 2. The van der Waals surface area contributed by atoms with Gasteiger partial charge >= 0.3 is 0 Å². The quantitative estimate of drug-likeness (QED) is 0.689. The van der Waals surface area contributed by atoms with Gasteiger partial charge in [-0.25, -0.2) is 0 Å². The molecule has 6 heteroatoms. The van der Waals surface area contributed by atoms with Crippen LogP contribution in [0.15, 0.2) is 48.7 Å². The maximum atomic E-state index is 12.6. The summed E-state index contributed by atoms with van der Waals surface area (Å²) in [7, 11) is 0. The van der Waals surface area contributed by atoms with Crippen LogP contribution in [0.25, 0.3) is 10.9 Å². The highest BCUT2D eigenvalue weighted by atomic mass is 35.5. The van der Waals surface area contributed by atoms with Crippen LogP contribution in [0.1, 0.15) is 17.5 Å². The first kappa shape index (κ1) is 18.6.